The van der Waals surface area contributed by atoms with E-state index in [2.05, 4.69) is 17.0 Å². The summed E-state index contributed by atoms with van der Waals surface area (Å²) in [5, 5.41) is 6.90. The summed E-state index contributed by atoms with van der Waals surface area (Å²) in [7, 11) is 0. The van der Waals surface area contributed by atoms with Crippen LogP contribution in [0.5, 0.6) is 0 Å². The zero-order valence-corrected chi connectivity index (χ0v) is 14.7. The van der Waals surface area contributed by atoms with Gasteiger partial charge in [0.1, 0.15) is 12.6 Å². The van der Waals surface area contributed by atoms with E-state index in [0.29, 0.717) is 32.5 Å². The SMILES string of the molecule is C=CCC(NC(C)=O)C(=O)N1CCc2c(cnn2CC(=O)OCC)C1. The van der Waals surface area contributed by atoms with E-state index in [-0.39, 0.29) is 24.3 Å². The molecule has 1 atom stereocenters. The van der Waals surface area contributed by atoms with E-state index in [9.17, 15) is 14.4 Å². The lowest BCUT2D eigenvalue weighted by atomic mass is 10.1. The first-order chi connectivity index (χ1) is 12.0. The van der Waals surface area contributed by atoms with E-state index in [1.54, 1.807) is 28.8 Å². The smallest absolute Gasteiger partial charge is 0.327 e. The molecule has 0 radical (unpaired) electrons. The molecular weight excluding hydrogens is 324 g/mol. The fraction of sp³-hybridized carbons (Fsp3) is 0.529. The largest absolute Gasteiger partial charge is 0.465 e. The third-order valence-electron chi connectivity index (χ3n) is 3.99. The van der Waals surface area contributed by atoms with Gasteiger partial charge in [-0.2, -0.15) is 5.10 Å². The van der Waals surface area contributed by atoms with Crippen LogP contribution in [0.1, 0.15) is 31.5 Å². The molecule has 2 rings (SSSR count). The Hall–Kier alpha value is -2.64. The molecule has 0 aliphatic carbocycles. The monoisotopic (exact) mass is 348 g/mol. The predicted octanol–water partition coefficient (Wildman–Crippen LogP) is 0.412. The van der Waals surface area contributed by atoms with E-state index in [0.717, 1.165) is 11.3 Å². The van der Waals surface area contributed by atoms with E-state index in [1.807, 2.05) is 0 Å². The number of carbonyl (C=O) groups excluding carboxylic acids is 3. The Morgan fingerprint density at radius 3 is 2.88 bits per heavy atom. The van der Waals surface area contributed by atoms with Crippen LogP contribution >= 0.6 is 0 Å². The summed E-state index contributed by atoms with van der Waals surface area (Å²) in [5.41, 5.74) is 1.85. The Morgan fingerprint density at radius 2 is 2.24 bits per heavy atom. The van der Waals surface area contributed by atoms with Crippen LogP contribution in [0, 0.1) is 0 Å². The van der Waals surface area contributed by atoms with Crippen molar-refractivity contribution in [3.63, 3.8) is 0 Å². The van der Waals surface area contributed by atoms with Crippen molar-refractivity contribution in [3.05, 3.63) is 30.1 Å². The van der Waals surface area contributed by atoms with Crippen LogP contribution in [0.25, 0.3) is 0 Å². The molecule has 136 valence electrons. The first-order valence-corrected chi connectivity index (χ1v) is 8.32. The molecule has 8 nitrogen and oxygen atoms in total. The number of amides is 2. The van der Waals surface area contributed by atoms with Gasteiger partial charge in [-0.25, -0.2) is 0 Å². The Bertz CT molecular complexity index is 668. The Labute approximate surface area is 146 Å². The standard InChI is InChI=1S/C17H24N4O4/c1-4-6-14(19-12(3)22)17(24)20-8-7-15-13(10-20)9-18-21(15)11-16(23)25-5-2/h4,9,14H,1,5-8,10-11H2,2-3H3,(H,19,22). The topological polar surface area (TPSA) is 93.5 Å². The van der Waals surface area contributed by atoms with E-state index >= 15 is 0 Å². The zero-order valence-electron chi connectivity index (χ0n) is 14.7. The lowest BCUT2D eigenvalue weighted by Crippen LogP contribution is -2.49. The minimum Gasteiger partial charge on any atom is -0.465 e. The van der Waals surface area contributed by atoms with Crippen LogP contribution in [-0.2, 0) is 38.6 Å². The maximum absolute atomic E-state index is 12.7. The summed E-state index contributed by atoms with van der Waals surface area (Å²) < 4.78 is 6.58. The van der Waals surface area contributed by atoms with E-state index in [4.69, 9.17) is 4.74 Å². The molecule has 1 aliphatic rings. The molecule has 0 saturated heterocycles. The van der Waals surface area contributed by atoms with Crippen molar-refractivity contribution in [2.24, 2.45) is 0 Å². The second-order valence-electron chi connectivity index (χ2n) is 5.87. The minimum absolute atomic E-state index is 0.0715. The molecule has 25 heavy (non-hydrogen) atoms. The Morgan fingerprint density at radius 1 is 1.48 bits per heavy atom. The number of nitrogens with zero attached hydrogens (tertiary/aromatic N) is 3. The zero-order chi connectivity index (χ0) is 18.4. The van der Waals surface area contributed by atoms with Crippen molar-refractivity contribution in [1.29, 1.82) is 0 Å². The van der Waals surface area contributed by atoms with Crippen LogP contribution < -0.4 is 5.32 Å². The summed E-state index contributed by atoms with van der Waals surface area (Å²) in [6, 6.07) is -0.605. The minimum atomic E-state index is -0.605. The molecule has 0 saturated carbocycles. The average molecular weight is 348 g/mol. The maximum atomic E-state index is 12.7. The normalized spacial score (nSPS) is 14.4. The second kappa shape index (κ2) is 8.46. The molecule has 2 heterocycles. The summed E-state index contributed by atoms with van der Waals surface area (Å²) in [6.45, 7) is 8.10. The van der Waals surface area contributed by atoms with Crippen molar-refractivity contribution >= 4 is 17.8 Å². The second-order valence-corrected chi connectivity index (χ2v) is 5.87. The Balaban J connectivity index is 2.06. The third-order valence-corrected chi connectivity index (χ3v) is 3.99. The number of hydrogen-bond donors (Lipinski definition) is 1. The van der Waals surface area contributed by atoms with Gasteiger partial charge in [-0.3, -0.25) is 19.1 Å². The van der Waals surface area contributed by atoms with Crippen molar-refractivity contribution in [2.75, 3.05) is 13.2 Å². The van der Waals surface area contributed by atoms with E-state index in [1.165, 1.54) is 6.92 Å². The van der Waals surface area contributed by atoms with Crippen molar-refractivity contribution in [2.45, 2.75) is 45.8 Å². The molecule has 0 spiro atoms. The van der Waals surface area contributed by atoms with Gasteiger partial charge < -0.3 is 15.0 Å². The van der Waals surface area contributed by atoms with Crippen LogP contribution in [0.3, 0.4) is 0 Å². The third kappa shape index (κ3) is 4.68. The summed E-state index contributed by atoms with van der Waals surface area (Å²) in [4.78, 5) is 37.3. The van der Waals surface area contributed by atoms with Gasteiger partial charge in [-0.1, -0.05) is 6.08 Å². The molecule has 8 heteroatoms. The van der Waals surface area contributed by atoms with Gasteiger partial charge in [0.2, 0.25) is 11.8 Å². The van der Waals surface area contributed by atoms with Crippen molar-refractivity contribution < 1.29 is 19.1 Å². The Kier molecular flexibility index (Phi) is 6.32. The van der Waals surface area contributed by atoms with Crippen LogP contribution in [0.2, 0.25) is 0 Å². The lowest BCUT2D eigenvalue weighted by molar-refractivity contribution is -0.144. The molecule has 1 aromatic rings. The highest BCUT2D eigenvalue weighted by molar-refractivity contribution is 5.87. The molecule has 2 amide bonds. The highest BCUT2D eigenvalue weighted by atomic mass is 16.5. The van der Waals surface area contributed by atoms with Crippen molar-refractivity contribution in [3.8, 4) is 0 Å². The maximum Gasteiger partial charge on any atom is 0.327 e. The molecule has 0 bridgehead atoms. The molecule has 0 aromatic carbocycles. The van der Waals surface area contributed by atoms with Crippen LogP contribution in [0.15, 0.2) is 18.9 Å². The van der Waals surface area contributed by atoms with Gasteiger partial charge in [0.05, 0.1) is 12.8 Å². The predicted molar refractivity (Wildman–Crippen MR) is 90.4 cm³/mol. The van der Waals surface area contributed by atoms with Gasteiger partial charge in [0, 0.05) is 37.7 Å². The van der Waals surface area contributed by atoms with Gasteiger partial charge in [0.15, 0.2) is 0 Å². The highest BCUT2D eigenvalue weighted by Crippen LogP contribution is 2.20. The first-order valence-electron chi connectivity index (χ1n) is 8.32. The van der Waals surface area contributed by atoms with E-state index < -0.39 is 6.04 Å². The number of hydrogen-bond acceptors (Lipinski definition) is 5. The van der Waals surface area contributed by atoms with Gasteiger partial charge in [0.25, 0.3) is 0 Å². The fourth-order valence-electron chi connectivity index (χ4n) is 2.90. The number of esters is 1. The van der Waals surface area contributed by atoms with Crippen LogP contribution in [0.4, 0.5) is 0 Å². The van der Waals surface area contributed by atoms with Gasteiger partial charge in [-0.15, -0.1) is 6.58 Å². The molecule has 0 fully saturated rings. The quantitative estimate of drug-likeness (QED) is 0.569. The first kappa shape index (κ1) is 18.7. The number of nitrogens with one attached hydrogen (secondary N) is 1. The molecule has 1 aromatic heterocycles. The number of aromatic nitrogens is 2. The summed E-state index contributed by atoms with van der Waals surface area (Å²) in [6.07, 6.45) is 4.27. The lowest BCUT2D eigenvalue weighted by Gasteiger charge is -2.30. The van der Waals surface area contributed by atoms with Crippen molar-refractivity contribution in [1.82, 2.24) is 20.0 Å². The van der Waals surface area contributed by atoms with Crippen LogP contribution in [-0.4, -0.2) is 51.7 Å². The molecule has 1 aliphatic heterocycles. The molecule has 1 unspecified atom stereocenters. The molecular formula is C17H24N4O4. The average Bonchev–Trinajstić information content (AvgIpc) is 2.95. The number of rotatable bonds is 7. The van der Waals surface area contributed by atoms with Gasteiger partial charge in [-0.05, 0) is 13.3 Å². The highest BCUT2D eigenvalue weighted by Gasteiger charge is 2.29. The summed E-state index contributed by atoms with van der Waals surface area (Å²) >= 11 is 0. The number of ether oxygens (including phenoxy) is 1. The molecule has 1 N–H and O–H groups in total. The number of carbonyl (C=O) groups is 3. The summed E-state index contributed by atoms with van der Waals surface area (Å²) in [5.74, 6) is -0.720. The number of fused-ring (bicyclic) bond motifs is 1. The fourth-order valence-corrected chi connectivity index (χ4v) is 2.90. The van der Waals surface area contributed by atoms with Gasteiger partial charge >= 0.3 is 5.97 Å².